The standard InChI is InChI=1S/C31H18Cl2FN5O6/c32-19-8-9-26-18(12-19)13-27(45-26)30-37-24-7-2-1-6-22(24)31(41)38(30)35-15-17-10-23(33)29(25(11-17)39(42)43)44-16-28(40)36-21-5-3-4-20(34)14-21/h1-15H,16H2,(H,36,40). The van der Waals surface area contributed by atoms with Crippen LogP contribution in [-0.2, 0) is 4.79 Å². The van der Waals surface area contributed by atoms with Gasteiger partial charge in [-0.25, -0.2) is 9.37 Å². The highest BCUT2D eigenvalue weighted by Crippen LogP contribution is 2.36. The SMILES string of the molecule is O=C(COc1c(Cl)cc(C=Nn2c(-c3cc4cc(Cl)ccc4o3)nc3ccccc3c2=O)cc1[N+](=O)[O-])Nc1cccc(F)c1. The summed E-state index contributed by atoms with van der Waals surface area (Å²) in [5, 5.41) is 19.9. The molecule has 4 aromatic carbocycles. The van der Waals surface area contributed by atoms with Gasteiger partial charge in [-0.1, -0.05) is 41.4 Å². The third-order valence-electron chi connectivity index (χ3n) is 6.47. The van der Waals surface area contributed by atoms with E-state index in [2.05, 4.69) is 15.4 Å². The van der Waals surface area contributed by atoms with Gasteiger partial charge in [0, 0.05) is 27.7 Å². The predicted molar refractivity (Wildman–Crippen MR) is 168 cm³/mol. The van der Waals surface area contributed by atoms with Gasteiger partial charge in [-0.3, -0.25) is 19.7 Å². The number of nitro benzene ring substituents is 1. The lowest BCUT2D eigenvalue weighted by Gasteiger charge is -2.10. The van der Waals surface area contributed by atoms with E-state index in [9.17, 15) is 24.1 Å². The zero-order valence-electron chi connectivity index (χ0n) is 22.7. The molecule has 2 aromatic heterocycles. The number of nitrogens with zero attached hydrogens (tertiary/aromatic N) is 4. The van der Waals surface area contributed by atoms with E-state index >= 15 is 0 Å². The van der Waals surface area contributed by atoms with Crippen LogP contribution in [0.1, 0.15) is 5.56 Å². The first kappa shape index (κ1) is 29.5. The molecule has 11 nitrogen and oxygen atoms in total. The van der Waals surface area contributed by atoms with Crippen LogP contribution in [0.5, 0.6) is 5.75 Å². The Balaban J connectivity index is 1.34. The maximum Gasteiger partial charge on any atom is 0.313 e. The van der Waals surface area contributed by atoms with Crippen molar-refractivity contribution in [2.24, 2.45) is 5.10 Å². The number of benzene rings is 4. The maximum atomic E-state index is 13.5. The van der Waals surface area contributed by atoms with E-state index in [1.807, 2.05) is 0 Å². The number of rotatable bonds is 8. The third-order valence-corrected chi connectivity index (χ3v) is 6.99. The fourth-order valence-electron chi connectivity index (χ4n) is 4.49. The molecule has 6 rings (SSSR count). The van der Waals surface area contributed by atoms with E-state index in [0.717, 1.165) is 16.8 Å². The molecule has 0 aliphatic rings. The van der Waals surface area contributed by atoms with E-state index in [1.54, 1.807) is 48.5 Å². The molecular formula is C31H18Cl2FN5O6. The number of anilines is 1. The molecule has 0 saturated heterocycles. The summed E-state index contributed by atoms with van der Waals surface area (Å²) in [7, 11) is 0. The zero-order valence-corrected chi connectivity index (χ0v) is 24.3. The van der Waals surface area contributed by atoms with Gasteiger partial charge in [0.1, 0.15) is 11.4 Å². The molecule has 0 unspecified atom stereocenters. The largest absolute Gasteiger partial charge is 0.476 e. The van der Waals surface area contributed by atoms with E-state index < -0.39 is 34.5 Å². The summed E-state index contributed by atoms with van der Waals surface area (Å²) >= 11 is 12.5. The van der Waals surface area contributed by atoms with Crippen LogP contribution in [0.2, 0.25) is 10.0 Å². The first-order valence-corrected chi connectivity index (χ1v) is 13.8. The number of hydrogen-bond acceptors (Lipinski definition) is 8. The number of carbonyl (C=O) groups is 1. The lowest BCUT2D eigenvalue weighted by molar-refractivity contribution is -0.385. The van der Waals surface area contributed by atoms with E-state index in [1.165, 1.54) is 30.5 Å². The van der Waals surface area contributed by atoms with Crippen LogP contribution in [0.4, 0.5) is 15.8 Å². The van der Waals surface area contributed by atoms with Crippen LogP contribution in [0.3, 0.4) is 0 Å². The zero-order chi connectivity index (χ0) is 31.7. The van der Waals surface area contributed by atoms with Crippen molar-refractivity contribution in [3.8, 4) is 17.3 Å². The highest BCUT2D eigenvalue weighted by molar-refractivity contribution is 6.32. The number of ether oxygens (including phenoxy) is 1. The molecule has 14 heteroatoms. The predicted octanol–water partition coefficient (Wildman–Crippen LogP) is 7.06. The molecule has 1 N–H and O–H groups in total. The first-order valence-electron chi connectivity index (χ1n) is 13.1. The minimum Gasteiger partial charge on any atom is -0.476 e. The Kier molecular flexibility index (Phi) is 7.98. The summed E-state index contributed by atoms with van der Waals surface area (Å²) in [6.07, 6.45) is 1.19. The van der Waals surface area contributed by atoms with Gasteiger partial charge in [0.2, 0.25) is 11.6 Å². The van der Waals surface area contributed by atoms with E-state index in [4.69, 9.17) is 32.4 Å². The van der Waals surface area contributed by atoms with Crippen molar-refractivity contribution in [3.63, 3.8) is 0 Å². The highest BCUT2D eigenvalue weighted by atomic mass is 35.5. The molecule has 45 heavy (non-hydrogen) atoms. The fourth-order valence-corrected chi connectivity index (χ4v) is 4.95. The Morgan fingerprint density at radius 1 is 1.09 bits per heavy atom. The molecule has 0 radical (unpaired) electrons. The van der Waals surface area contributed by atoms with Crippen molar-refractivity contribution in [2.45, 2.75) is 0 Å². The molecule has 224 valence electrons. The summed E-state index contributed by atoms with van der Waals surface area (Å²) < 4.78 is 25.8. The van der Waals surface area contributed by atoms with Gasteiger partial charge in [0.05, 0.1) is 27.1 Å². The molecule has 2 heterocycles. The normalized spacial score (nSPS) is 11.4. The fraction of sp³-hybridized carbons (Fsp3) is 0.0323. The van der Waals surface area contributed by atoms with Crippen LogP contribution in [0, 0.1) is 15.9 Å². The summed E-state index contributed by atoms with van der Waals surface area (Å²) in [6.45, 7) is -0.644. The minimum atomic E-state index is -0.738. The lowest BCUT2D eigenvalue weighted by Crippen LogP contribution is -2.21. The maximum absolute atomic E-state index is 13.5. The van der Waals surface area contributed by atoms with Crippen LogP contribution >= 0.6 is 23.2 Å². The van der Waals surface area contributed by atoms with E-state index in [0.29, 0.717) is 21.5 Å². The highest BCUT2D eigenvalue weighted by Gasteiger charge is 2.22. The van der Waals surface area contributed by atoms with Crippen LogP contribution < -0.4 is 15.6 Å². The Bertz CT molecular complexity index is 2230. The number of carbonyl (C=O) groups excluding carboxylic acids is 1. The Morgan fingerprint density at radius 2 is 1.91 bits per heavy atom. The molecule has 0 bridgehead atoms. The van der Waals surface area contributed by atoms with Crippen molar-refractivity contribution in [1.82, 2.24) is 9.66 Å². The van der Waals surface area contributed by atoms with Gasteiger partial charge in [-0.2, -0.15) is 9.78 Å². The number of nitrogens with one attached hydrogen (secondary N) is 1. The number of amides is 1. The van der Waals surface area contributed by atoms with Crippen molar-refractivity contribution in [1.29, 1.82) is 0 Å². The van der Waals surface area contributed by atoms with Gasteiger partial charge < -0.3 is 14.5 Å². The number of fused-ring (bicyclic) bond motifs is 2. The van der Waals surface area contributed by atoms with Crippen molar-refractivity contribution < 1.29 is 23.3 Å². The van der Waals surface area contributed by atoms with Gasteiger partial charge in [-0.05, 0) is 60.7 Å². The molecule has 1 amide bonds. The number of hydrogen-bond donors (Lipinski definition) is 1. The third kappa shape index (κ3) is 6.23. The molecule has 0 fully saturated rings. The summed E-state index contributed by atoms with van der Waals surface area (Å²) in [5.41, 5.74) is 0.167. The van der Waals surface area contributed by atoms with Gasteiger partial charge in [-0.15, -0.1) is 0 Å². The summed E-state index contributed by atoms with van der Waals surface area (Å²) in [5.74, 6) is -1.30. The number of para-hydroxylation sites is 1. The number of halogens is 3. The monoisotopic (exact) mass is 645 g/mol. The molecule has 6 aromatic rings. The lowest BCUT2D eigenvalue weighted by atomic mass is 10.2. The quantitative estimate of drug-likeness (QED) is 0.106. The second-order valence-electron chi connectivity index (χ2n) is 9.56. The van der Waals surface area contributed by atoms with E-state index in [-0.39, 0.29) is 39.0 Å². The second kappa shape index (κ2) is 12.2. The van der Waals surface area contributed by atoms with Crippen molar-refractivity contribution >= 4 is 68.6 Å². The van der Waals surface area contributed by atoms with Gasteiger partial charge >= 0.3 is 5.69 Å². The number of furan rings is 1. The summed E-state index contributed by atoms with van der Waals surface area (Å²) in [4.78, 5) is 41.6. The molecule has 0 aliphatic carbocycles. The number of nitro groups is 1. The van der Waals surface area contributed by atoms with Gasteiger partial charge in [0.15, 0.2) is 12.4 Å². The Hall–Kier alpha value is -5.59. The van der Waals surface area contributed by atoms with Crippen LogP contribution in [0.15, 0.2) is 99.2 Å². The van der Waals surface area contributed by atoms with Crippen molar-refractivity contribution in [2.75, 3.05) is 11.9 Å². The topological polar surface area (TPSA) is 142 Å². The molecule has 0 spiro atoms. The Labute approximate surface area is 262 Å². The van der Waals surface area contributed by atoms with Crippen LogP contribution in [-0.4, -0.2) is 33.3 Å². The van der Waals surface area contributed by atoms with Crippen molar-refractivity contribution in [3.05, 3.63) is 127 Å². The minimum absolute atomic E-state index is 0.0760. The average molecular weight is 646 g/mol. The Morgan fingerprint density at radius 3 is 2.71 bits per heavy atom. The average Bonchev–Trinajstić information content (AvgIpc) is 3.43. The van der Waals surface area contributed by atoms with Gasteiger partial charge in [0.25, 0.3) is 11.5 Å². The smallest absolute Gasteiger partial charge is 0.313 e. The summed E-state index contributed by atoms with van der Waals surface area (Å²) in [6, 6.07) is 21.0. The molecule has 0 saturated carbocycles. The molecule has 0 atom stereocenters. The number of aromatic nitrogens is 2. The van der Waals surface area contributed by atoms with Crippen LogP contribution in [0.25, 0.3) is 33.5 Å². The first-order chi connectivity index (χ1) is 21.7. The molecular weight excluding hydrogens is 628 g/mol. The molecule has 0 aliphatic heterocycles. The second-order valence-corrected chi connectivity index (χ2v) is 10.4.